The second kappa shape index (κ2) is 7.92. The van der Waals surface area contributed by atoms with Crippen LogP contribution in [0.25, 0.3) is 11.3 Å². The van der Waals surface area contributed by atoms with Crippen LogP contribution < -0.4 is 10.6 Å². The Morgan fingerprint density at radius 1 is 1.27 bits per heavy atom. The Kier molecular flexibility index (Phi) is 5.63. The van der Waals surface area contributed by atoms with Gasteiger partial charge in [0.05, 0.1) is 12.5 Å². The molecule has 1 fully saturated rings. The molecule has 1 aliphatic heterocycles. The zero-order valence-electron chi connectivity index (χ0n) is 14.6. The van der Waals surface area contributed by atoms with Crippen LogP contribution in [0.15, 0.2) is 47.1 Å². The third-order valence-electron chi connectivity index (χ3n) is 4.45. The molecule has 1 saturated heterocycles. The molecule has 7 nitrogen and oxygen atoms in total. The number of carbonyl (C=O) groups is 1. The van der Waals surface area contributed by atoms with Gasteiger partial charge in [-0.3, -0.25) is 0 Å². The number of furan rings is 1. The van der Waals surface area contributed by atoms with Gasteiger partial charge < -0.3 is 15.1 Å². The molecule has 0 bridgehead atoms. The summed E-state index contributed by atoms with van der Waals surface area (Å²) in [5, 5.41) is 5.61. The highest BCUT2D eigenvalue weighted by Crippen LogP contribution is 2.22. The molecule has 1 aromatic heterocycles. The monoisotopic (exact) mass is 377 g/mol. The second-order valence-electron chi connectivity index (χ2n) is 6.52. The van der Waals surface area contributed by atoms with Crippen LogP contribution in [-0.4, -0.2) is 44.6 Å². The molecule has 26 heavy (non-hydrogen) atoms. The van der Waals surface area contributed by atoms with Crippen molar-refractivity contribution in [2.24, 2.45) is 5.92 Å². The Bertz CT molecular complexity index is 832. The van der Waals surface area contributed by atoms with E-state index in [2.05, 4.69) is 10.6 Å². The lowest BCUT2D eigenvalue weighted by Crippen LogP contribution is -2.43. The molecular weight excluding hydrogens is 354 g/mol. The van der Waals surface area contributed by atoms with Crippen molar-refractivity contribution in [2.75, 3.05) is 31.2 Å². The minimum Gasteiger partial charge on any atom is -0.464 e. The van der Waals surface area contributed by atoms with Crippen LogP contribution in [0.5, 0.6) is 0 Å². The Morgan fingerprint density at radius 3 is 2.69 bits per heavy atom. The SMILES string of the molecule is CS(=O)(=O)N1CCC[C@@H](CNC(=O)Nc2ccc(-c3ccco3)cc2)C1. The van der Waals surface area contributed by atoms with Gasteiger partial charge in [-0.05, 0) is 55.2 Å². The third kappa shape index (κ3) is 4.86. The predicted molar refractivity (Wildman–Crippen MR) is 100 cm³/mol. The average Bonchev–Trinajstić information content (AvgIpc) is 3.15. The molecule has 1 aliphatic rings. The molecule has 8 heteroatoms. The van der Waals surface area contributed by atoms with Crippen molar-refractivity contribution >= 4 is 21.7 Å². The van der Waals surface area contributed by atoms with Crippen molar-refractivity contribution < 1.29 is 17.6 Å². The van der Waals surface area contributed by atoms with Gasteiger partial charge in [0.25, 0.3) is 0 Å². The van der Waals surface area contributed by atoms with Crippen LogP contribution in [0.2, 0.25) is 0 Å². The fraction of sp³-hybridized carbons (Fsp3) is 0.389. The van der Waals surface area contributed by atoms with Crippen molar-refractivity contribution in [1.29, 1.82) is 0 Å². The number of rotatable bonds is 5. The van der Waals surface area contributed by atoms with Gasteiger partial charge in [-0.25, -0.2) is 17.5 Å². The quantitative estimate of drug-likeness (QED) is 0.838. The number of benzene rings is 1. The largest absolute Gasteiger partial charge is 0.464 e. The van der Waals surface area contributed by atoms with Gasteiger partial charge in [-0.2, -0.15) is 0 Å². The zero-order valence-corrected chi connectivity index (χ0v) is 15.5. The van der Waals surface area contributed by atoms with E-state index in [-0.39, 0.29) is 11.9 Å². The maximum Gasteiger partial charge on any atom is 0.319 e. The molecule has 0 aliphatic carbocycles. The van der Waals surface area contributed by atoms with Crippen LogP contribution in [-0.2, 0) is 10.0 Å². The molecule has 0 saturated carbocycles. The summed E-state index contributed by atoms with van der Waals surface area (Å²) in [6, 6.07) is 10.8. The number of carbonyl (C=O) groups excluding carboxylic acids is 1. The molecule has 2 aromatic rings. The van der Waals surface area contributed by atoms with Crippen molar-refractivity contribution in [3.63, 3.8) is 0 Å². The molecule has 2 heterocycles. The number of nitrogens with zero attached hydrogens (tertiary/aromatic N) is 1. The number of amides is 2. The first kappa shape index (κ1) is 18.5. The lowest BCUT2D eigenvalue weighted by molar-refractivity contribution is 0.239. The summed E-state index contributed by atoms with van der Waals surface area (Å²) in [5.41, 5.74) is 1.61. The van der Waals surface area contributed by atoms with E-state index < -0.39 is 10.0 Å². The van der Waals surface area contributed by atoms with Gasteiger partial charge in [-0.15, -0.1) is 0 Å². The van der Waals surface area contributed by atoms with Gasteiger partial charge in [0.1, 0.15) is 5.76 Å². The Morgan fingerprint density at radius 2 is 2.04 bits per heavy atom. The number of sulfonamides is 1. The summed E-state index contributed by atoms with van der Waals surface area (Å²) >= 11 is 0. The second-order valence-corrected chi connectivity index (χ2v) is 8.50. The lowest BCUT2D eigenvalue weighted by Gasteiger charge is -2.30. The smallest absolute Gasteiger partial charge is 0.319 e. The van der Waals surface area contributed by atoms with Crippen LogP contribution in [0.3, 0.4) is 0 Å². The minimum absolute atomic E-state index is 0.130. The van der Waals surface area contributed by atoms with Gasteiger partial charge in [-0.1, -0.05) is 0 Å². The predicted octanol–water partition coefficient (Wildman–Crippen LogP) is 2.74. The van der Waals surface area contributed by atoms with Crippen LogP contribution in [0.1, 0.15) is 12.8 Å². The van der Waals surface area contributed by atoms with E-state index in [4.69, 9.17) is 4.42 Å². The van der Waals surface area contributed by atoms with E-state index in [0.29, 0.717) is 25.3 Å². The fourth-order valence-corrected chi connectivity index (χ4v) is 4.01. The van der Waals surface area contributed by atoms with Crippen LogP contribution in [0.4, 0.5) is 10.5 Å². The van der Waals surface area contributed by atoms with Crippen LogP contribution in [0, 0.1) is 5.92 Å². The van der Waals surface area contributed by atoms with E-state index in [9.17, 15) is 13.2 Å². The highest BCUT2D eigenvalue weighted by atomic mass is 32.2. The fourth-order valence-electron chi connectivity index (χ4n) is 3.07. The number of hydrogen-bond donors (Lipinski definition) is 2. The molecule has 0 radical (unpaired) electrons. The Balaban J connectivity index is 1.48. The van der Waals surface area contributed by atoms with Gasteiger partial charge in [0.15, 0.2) is 0 Å². The zero-order chi connectivity index (χ0) is 18.6. The number of urea groups is 1. The molecular formula is C18H23N3O4S. The highest BCUT2D eigenvalue weighted by Gasteiger charge is 2.25. The van der Waals surface area contributed by atoms with Gasteiger partial charge in [0.2, 0.25) is 10.0 Å². The Hall–Kier alpha value is -2.32. The van der Waals surface area contributed by atoms with Crippen molar-refractivity contribution in [1.82, 2.24) is 9.62 Å². The molecule has 1 aromatic carbocycles. The first-order valence-corrected chi connectivity index (χ1v) is 10.4. The molecule has 2 amide bonds. The normalized spacial score (nSPS) is 18.4. The molecule has 140 valence electrons. The van der Waals surface area contributed by atoms with Crippen LogP contribution >= 0.6 is 0 Å². The molecule has 1 atom stereocenters. The first-order valence-electron chi connectivity index (χ1n) is 8.56. The highest BCUT2D eigenvalue weighted by molar-refractivity contribution is 7.88. The Labute approximate surface area is 153 Å². The summed E-state index contributed by atoms with van der Waals surface area (Å²) in [6.07, 6.45) is 4.56. The van der Waals surface area contributed by atoms with Crippen molar-refractivity contribution in [2.45, 2.75) is 12.8 Å². The van der Waals surface area contributed by atoms with E-state index >= 15 is 0 Å². The number of anilines is 1. The topological polar surface area (TPSA) is 91.7 Å². The van der Waals surface area contributed by atoms with E-state index in [0.717, 1.165) is 24.2 Å². The maximum atomic E-state index is 12.1. The van der Waals surface area contributed by atoms with Gasteiger partial charge >= 0.3 is 6.03 Å². The van der Waals surface area contributed by atoms with E-state index in [1.54, 1.807) is 6.26 Å². The maximum absolute atomic E-state index is 12.1. The number of nitrogens with one attached hydrogen (secondary N) is 2. The van der Waals surface area contributed by atoms with Crippen molar-refractivity contribution in [3.05, 3.63) is 42.7 Å². The molecule has 3 rings (SSSR count). The first-order chi connectivity index (χ1) is 12.4. The van der Waals surface area contributed by atoms with Gasteiger partial charge in [0, 0.05) is 30.9 Å². The summed E-state index contributed by atoms with van der Waals surface area (Å²) < 4.78 is 30.1. The number of hydrogen-bond acceptors (Lipinski definition) is 4. The molecule has 0 unspecified atom stereocenters. The summed E-state index contributed by atoms with van der Waals surface area (Å²) in [6.45, 7) is 1.46. The van der Waals surface area contributed by atoms with E-state index in [1.807, 2.05) is 36.4 Å². The number of piperidine rings is 1. The molecule has 2 N–H and O–H groups in total. The summed E-state index contributed by atoms with van der Waals surface area (Å²) in [5.74, 6) is 0.902. The standard InChI is InChI=1S/C18H23N3O4S/c1-26(23,24)21-10-2-4-14(13-21)12-19-18(22)20-16-8-6-15(7-9-16)17-5-3-11-25-17/h3,5-9,11,14H,2,4,10,12-13H2,1H3,(H2,19,20,22)/t14-/m0/s1. The van der Waals surface area contributed by atoms with E-state index in [1.165, 1.54) is 10.6 Å². The summed E-state index contributed by atoms with van der Waals surface area (Å²) in [4.78, 5) is 12.1. The minimum atomic E-state index is -3.17. The average molecular weight is 377 g/mol. The molecule has 0 spiro atoms. The lowest BCUT2D eigenvalue weighted by atomic mass is 10.00. The summed E-state index contributed by atoms with van der Waals surface area (Å²) in [7, 11) is -3.17. The third-order valence-corrected chi connectivity index (χ3v) is 5.72. The van der Waals surface area contributed by atoms with Crippen molar-refractivity contribution in [3.8, 4) is 11.3 Å².